The summed E-state index contributed by atoms with van der Waals surface area (Å²) in [6.07, 6.45) is -4.59. The summed E-state index contributed by atoms with van der Waals surface area (Å²) in [5.41, 5.74) is -1.54. The Morgan fingerprint density at radius 3 is 1.91 bits per heavy atom. The highest BCUT2D eigenvalue weighted by molar-refractivity contribution is 7.92. The smallest absolute Gasteiger partial charge is 0.416 e. The molecule has 0 spiro atoms. The second kappa shape index (κ2) is 6.07. The molecule has 0 heterocycles. The first-order valence-electron chi connectivity index (χ1n) is 6.18. The number of rotatable bonds is 4. The van der Waals surface area contributed by atoms with Gasteiger partial charge >= 0.3 is 6.18 Å². The van der Waals surface area contributed by atoms with Gasteiger partial charge in [0.25, 0.3) is 10.0 Å². The van der Waals surface area contributed by atoms with Crippen LogP contribution in [0.15, 0.2) is 53.4 Å². The van der Waals surface area contributed by atoms with Crippen LogP contribution in [0.3, 0.4) is 0 Å². The molecule has 4 nitrogen and oxygen atoms in total. The fourth-order valence-electron chi connectivity index (χ4n) is 1.75. The Hall–Kier alpha value is -2.29. The van der Waals surface area contributed by atoms with E-state index in [0.29, 0.717) is 17.9 Å². The third-order valence-corrected chi connectivity index (χ3v) is 4.47. The molecule has 0 radical (unpaired) electrons. The average molecular weight is 349 g/mol. The van der Waals surface area contributed by atoms with E-state index in [1.165, 1.54) is 19.2 Å². The Bertz CT molecular complexity index is 771. The summed E-state index contributed by atoms with van der Waals surface area (Å²) in [7, 11) is -3.15. The molecule has 0 aliphatic heterocycles. The van der Waals surface area contributed by atoms with Crippen molar-refractivity contribution in [3.05, 3.63) is 54.1 Å². The minimum absolute atomic E-state index is 0.360. The van der Waals surface area contributed by atoms with E-state index in [4.69, 9.17) is 4.74 Å². The van der Waals surface area contributed by atoms with Crippen molar-refractivity contribution < 1.29 is 30.8 Å². The predicted molar refractivity (Wildman–Crippen MR) is 75.2 cm³/mol. The van der Waals surface area contributed by atoms with Crippen LogP contribution in [0.2, 0.25) is 0 Å². The molecule has 124 valence electrons. The zero-order valence-corrected chi connectivity index (χ0v) is 12.5. The van der Waals surface area contributed by atoms with Gasteiger partial charge in [-0.1, -0.05) is 9.01 Å². The van der Waals surface area contributed by atoms with Crippen molar-refractivity contribution in [1.29, 1.82) is 0 Å². The fraction of sp³-hybridized carbons (Fsp3) is 0.143. The third kappa shape index (κ3) is 3.55. The number of methoxy groups -OCH3 is 1. The van der Waals surface area contributed by atoms with Crippen molar-refractivity contribution in [2.24, 2.45) is 0 Å². The van der Waals surface area contributed by atoms with Gasteiger partial charge in [0, 0.05) is 0 Å². The lowest BCUT2D eigenvalue weighted by molar-refractivity contribution is -0.137. The van der Waals surface area contributed by atoms with Crippen LogP contribution in [0, 0.1) is 0 Å². The van der Waals surface area contributed by atoms with Gasteiger partial charge in [-0.2, -0.15) is 21.6 Å². The topological polar surface area (TPSA) is 46.6 Å². The van der Waals surface area contributed by atoms with Crippen molar-refractivity contribution >= 4 is 15.7 Å². The lowest BCUT2D eigenvalue weighted by Gasteiger charge is -2.15. The molecule has 9 heteroatoms. The molecule has 0 atom stereocenters. The number of hydrogen-bond acceptors (Lipinski definition) is 3. The highest BCUT2D eigenvalue weighted by Gasteiger charge is 2.31. The molecule has 0 aliphatic rings. The average Bonchev–Trinajstić information content (AvgIpc) is 2.53. The Morgan fingerprint density at radius 1 is 0.957 bits per heavy atom. The zero-order chi connectivity index (χ0) is 17.3. The van der Waals surface area contributed by atoms with Crippen LogP contribution < -0.4 is 9.26 Å². The Balaban J connectivity index is 2.32. The maximum Gasteiger partial charge on any atom is 0.416 e. The second-order valence-electron chi connectivity index (χ2n) is 4.44. The number of benzene rings is 2. The number of sulfonamides is 1. The van der Waals surface area contributed by atoms with Crippen molar-refractivity contribution in [1.82, 2.24) is 0 Å². The quantitative estimate of drug-likeness (QED) is 0.623. The van der Waals surface area contributed by atoms with Gasteiger partial charge in [0.15, 0.2) is 0 Å². The minimum atomic E-state index is -4.59. The molecule has 0 saturated carbocycles. The van der Waals surface area contributed by atoms with Crippen LogP contribution in [0.4, 0.5) is 23.3 Å². The molecule has 0 N–H and O–H groups in total. The maximum absolute atomic E-state index is 14.1. The van der Waals surface area contributed by atoms with E-state index < -0.39 is 32.0 Å². The molecule has 0 fully saturated rings. The Labute approximate surface area is 129 Å². The monoisotopic (exact) mass is 349 g/mol. The SMILES string of the molecule is COc1ccc(S(=O)(=O)N(F)c2ccc(C(F)(F)F)cc2)cc1. The largest absolute Gasteiger partial charge is 0.497 e. The first-order valence-corrected chi connectivity index (χ1v) is 7.62. The third-order valence-electron chi connectivity index (χ3n) is 2.97. The van der Waals surface area contributed by atoms with Gasteiger partial charge in [-0.15, -0.1) is 0 Å². The van der Waals surface area contributed by atoms with Crippen molar-refractivity contribution in [2.45, 2.75) is 11.1 Å². The molecule has 2 rings (SSSR count). The van der Waals surface area contributed by atoms with E-state index in [2.05, 4.69) is 0 Å². The molecule has 0 bridgehead atoms. The van der Waals surface area contributed by atoms with Gasteiger partial charge in [-0.05, 0) is 48.5 Å². The normalized spacial score (nSPS) is 12.0. The highest BCUT2D eigenvalue weighted by Crippen LogP contribution is 2.32. The van der Waals surface area contributed by atoms with Gasteiger partial charge in [0.05, 0.1) is 23.3 Å². The van der Waals surface area contributed by atoms with Crippen LogP contribution in [-0.2, 0) is 16.2 Å². The number of ether oxygens (including phenoxy) is 1. The molecule has 0 aromatic heterocycles. The minimum Gasteiger partial charge on any atom is -0.497 e. The first-order chi connectivity index (χ1) is 10.7. The molecule has 2 aromatic rings. The second-order valence-corrected chi connectivity index (χ2v) is 6.18. The molecule has 23 heavy (non-hydrogen) atoms. The van der Waals surface area contributed by atoms with E-state index in [-0.39, 0.29) is 4.90 Å². The summed E-state index contributed by atoms with van der Waals surface area (Å²) in [5.74, 6) is 0.379. The van der Waals surface area contributed by atoms with Crippen molar-refractivity contribution in [2.75, 3.05) is 11.6 Å². The first kappa shape index (κ1) is 17.1. The van der Waals surface area contributed by atoms with Gasteiger partial charge in [-0.25, -0.2) is 0 Å². The summed E-state index contributed by atoms with van der Waals surface area (Å²) in [5, 5.41) is 0. The maximum atomic E-state index is 14.1. The lowest BCUT2D eigenvalue weighted by Crippen LogP contribution is -2.22. The number of alkyl halides is 3. The molecule has 0 amide bonds. The standard InChI is InChI=1S/C14H11F4NO3S/c1-22-12-6-8-13(9-7-12)23(20,21)19(18)11-4-2-10(3-5-11)14(15,16)17/h2-9H,1H3. The van der Waals surface area contributed by atoms with Crippen LogP contribution in [-0.4, -0.2) is 15.5 Å². The van der Waals surface area contributed by atoms with E-state index in [9.17, 15) is 26.1 Å². The predicted octanol–water partition coefficient (Wildman–Crippen LogP) is 3.79. The van der Waals surface area contributed by atoms with Gasteiger partial charge in [0.2, 0.25) is 0 Å². The van der Waals surface area contributed by atoms with Crippen LogP contribution >= 0.6 is 0 Å². The number of hydrogen-bond donors (Lipinski definition) is 0. The number of halogens is 4. The van der Waals surface area contributed by atoms with Crippen LogP contribution in [0.5, 0.6) is 5.75 Å². The zero-order valence-electron chi connectivity index (χ0n) is 11.7. The van der Waals surface area contributed by atoms with E-state index in [1.807, 2.05) is 0 Å². The van der Waals surface area contributed by atoms with E-state index in [1.54, 1.807) is 0 Å². The van der Waals surface area contributed by atoms with Crippen LogP contribution in [0.1, 0.15) is 5.56 Å². The molecule has 0 aliphatic carbocycles. The summed E-state index contributed by atoms with van der Waals surface area (Å²) < 4.78 is 80.0. The van der Waals surface area contributed by atoms with Crippen molar-refractivity contribution in [3.8, 4) is 5.75 Å². The van der Waals surface area contributed by atoms with E-state index >= 15 is 0 Å². The fourth-order valence-corrected chi connectivity index (χ4v) is 2.81. The van der Waals surface area contributed by atoms with Crippen LogP contribution in [0.25, 0.3) is 0 Å². The lowest BCUT2D eigenvalue weighted by atomic mass is 10.2. The van der Waals surface area contributed by atoms with Gasteiger partial charge in [-0.3, -0.25) is 0 Å². The number of anilines is 1. The Morgan fingerprint density at radius 2 is 1.48 bits per heavy atom. The number of nitrogens with zero attached hydrogens (tertiary/aromatic N) is 1. The van der Waals surface area contributed by atoms with E-state index in [0.717, 1.165) is 24.3 Å². The molecule has 0 unspecified atom stereocenters. The highest BCUT2D eigenvalue weighted by atomic mass is 32.2. The summed E-state index contributed by atoms with van der Waals surface area (Å²) in [6.45, 7) is 0. The van der Waals surface area contributed by atoms with Crippen molar-refractivity contribution in [3.63, 3.8) is 0 Å². The molecular weight excluding hydrogens is 338 g/mol. The van der Waals surface area contributed by atoms with Gasteiger partial charge in [0.1, 0.15) is 5.75 Å². The molecule has 2 aromatic carbocycles. The van der Waals surface area contributed by atoms with Gasteiger partial charge < -0.3 is 4.74 Å². The molecule has 0 saturated heterocycles. The summed E-state index contributed by atoms with van der Waals surface area (Å²) in [4.78, 5) is -0.360. The summed E-state index contributed by atoms with van der Waals surface area (Å²) in [6, 6.07) is 7.60. The molecular formula is C14H11F4NO3S. The summed E-state index contributed by atoms with van der Waals surface area (Å²) >= 11 is 0. The Kier molecular flexibility index (Phi) is 4.51.